The molecule has 4 heteroatoms. The molecule has 0 saturated heterocycles. The van der Waals surface area contributed by atoms with E-state index in [1.54, 1.807) is 0 Å². The standard InChI is InChI=1S/C14H20BrNO2/c1-10(2)18-9-5-8-16-14(17)12-6-4-7-13(15)11(12)3/h4,6-7,10H,5,8-9H2,1-3H3,(H,16,17). The predicted octanol–water partition coefficient (Wildman–Crippen LogP) is 3.30. The van der Waals surface area contributed by atoms with Gasteiger partial charge >= 0.3 is 0 Å². The van der Waals surface area contributed by atoms with E-state index in [4.69, 9.17) is 4.74 Å². The number of carbonyl (C=O) groups excluding carboxylic acids is 1. The lowest BCUT2D eigenvalue weighted by Gasteiger charge is -2.10. The Bertz CT molecular complexity index is 405. The lowest BCUT2D eigenvalue weighted by molar-refractivity contribution is 0.0757. The van der Waals surface area contributed by atoms with Crippen LogP contribution in [-0.2, 0) is 4.74 Å². The molecule has 0 fully saturated rings. The summed E-state index contributed by atoms with van der Waals surface area (Å²) in [5.74, 6) is -0.0293. The molecule has 0 saturated carbocycles. The number of halogens is 1. The van der Waals surface area contributed by atoms with Crippen LogP contribution in [0.1, 0.15) is 36.2 Å². The molecule has 100 valence electrons. The number of amides is 1. The molecule has 1 aromatic carbocycles. The lowest BCUT2D eigenvalue weighted by atomic mass is 10.1. The van der Waals surface area contributed by atoms with Crippen LogP contribution in [0.15, 0.2) is 22.7 Å². The van der Waals surface area contributed by atoms with Crippen molar-refractivity contribution >= 4 is 21.8 Å². The van der Waals surface area contributed by atoms with Crippen LogP contribution in [0.25, 0.3) is 0 Å². The first kappa shape index (κ1) is 15.2. The Morgan fingerprint density at radius 2 is 2.17 bits per heavy atom. The maximum Gasteiger partial charge on any atom is 0.251 e. The number of hydrogen-bond acceptors (Lipinski definition) is 2. The molecule has 3 nitrogen and oxygen atoms in total. The molecule has 0 spiro atoms. The fourth-order valence-electron chi connectivity index (χ4n) is 1.54. The molecule has 1 N–H and O–H groups in total. The zero-order valence-electron chi connectivity index (χ0n) is 11.1. The zero-order valence-corrected chi connectivity index (χ0v) is 12.7. The molecule has 0 aliphatic heterocycles. The SMILES string of the molecule is Cc1c(Br)cccc1C(=O)NCCCOC(C)C. The van der Waals surface area contributed by atoms with E-state index in [2.05, 4.69) is 21.2 Å². The molecule has 1 amide bonds. The second kappa shape index (κ2) is 7.54. The Kier molecular flexibility index (Phi) is 6.36. The van der Waals surface area contributed by atoms with E-state index in [0.29, 0.717) is 18.7 Å². The maximum atomic E-state index is 11.9. The van der Waals surface area contributed by atoms with Crippen molar-refractivity contribution in [3.8, 4) is 0 Å². The van der Waals surface area contributed by atoms with E-state index in [0.717, 1.165) is 16.5 Å². The van der Waals surface area contributed by atoms with E-state index in [-0.39, 0.29) is 12.0 Å². The maximum absolute atomic E-state index is 11.9. The van der Waals surface area contributed by atoms with Gasteiger partial charge in [0, 0.05) is 23.2 Å². The van der Waals surface area contributed by atoms with Crippen LogP contribution < -0.4 is 5.32 Å². The smallest absolute Gasteiger partial charge is 0.251 e. The summed E-state index contributed by atoms with van der Waals surface area (Å²) in [6, 6.07) is 5.64. The van der Waals surface area contributed by atoms with Gasteiger partial charge in [0.15, 0.2) is 0 Å². The van der Waals surface area contributed by atoms with Gasteiger partial charge in [0.25, 0.3) is 5.91 Å². The van der Waals surface area contributed by atoms with Crippen molar-refractivity contribution < 1.29 is 9.53 Å². The number of carbonyl (C=O) groups is 1. The van der Waals surface area contributed by atoms with Crippen LogP contribution in [0.2, 0.25) is 0 Å². The highest BCUT2D eigenvalue weighted by Gasteiger charge is 2.09. The minimum Gasteiger partial charge on any atom is -0.379 e. The van der Waals surface area contributed by atoms with Crippen LogP contribution in [0.3, 0.4) is 0 Å². The number of ether oxygens (including phenoxy) is 1. The highest BCUT2D eigenvalue weighted by Crippen LogP contribution is 2.19. The lowest BCUT2D eigenvalue weighted by Crippen LogP contribution is -2.26. The molecule has 0 aliphatic rings. The summed E-state index contributed by atoms with van der Waals surface area (Å²) >= 11 is 3.42. The first-order valence-electron chi connectivity index (χ1n) is 6.17. The highest BCUT2D eigenvalue weighted by molar-refractivity contribution is 9.10. The number of hydrogen-bond donors (Lipinski definition) is 1. The van der Waals surface area contributed by atoms with E-state index in [1.165, 1.54) is 0 Å². The molecule has 18 heavy (non-hydrogen) atoms. The fourth-order valence-corrected chi connectivity index (χ4v) is 1.91. The third kappa shape index (κ3) is 4.78. The summed E-state index contributed by atoms with van der Waals surface area (Å²) in [7, 11) is 0. The van der Waals surface area contributed by atoms with Gasteiger partial charge in [0.2, 0.25) is 0 Å². The van der Waals surface area contributed by atoms with Crippen LogP contribution in [0.4, 0.5) is 0 Å². The van der Waals surface area contributed by atoms with Crippen molar-refractivity contribution in [2.45, 2.75) is 33.3 Å². The summed E-state index contributed by atoms with van der Waals surface area (Å²) in [6.45, 7) is 7.25. The molecule has 1 rings (SSSR count). The van der Waals surface area contributed by atoms with Gasteiger partial charge in [-0.1, -0.05) is 22.0 Å². The van der Waals surface area contributed by atoms with Gasteiger partial charge in [-0.05, 0) is 44.9 Å². The average molecular weight is 314 g/mol. The normalized spacial score (nSPS) is 10.7. The molecule has 1 aromatic rings. The van der Waals surface area contributed by atoms with Crippen LogP contribution in [0.5, 0.6) is 0 Å². The minimum atomic E-state index is -0.0293. The number of rotatable bonds is 6. The molecular weight excluding hydrogens is 294 g/mol. The molecule has 0 bridgehead atoms. The van der Waals surface area contributed by atoms with Gasteiger partial charge in [0.1, 0.15) is 0 Å². The first-order chi connectivity index (χ1) is 8.52. The van der Waals surface area contributed by atoms with Gasteiger partial charge in [-0.25, -0.2) is 0 Å². The zero-order chi connectivity index (χ0) is 13.5. The molecule has 0 aliphatic carbocycles. The molecule has 0 atom stereocenters. The third-order valence-electron chi connectivity index (χ3n) is 2.57. The van der Waals surface area contributed by atoms with Crippen LogP contribution >= 0.6 is 15.9 Å². The fraction of sp³-hybridized carbons (Fsp3) is 0.500. The van der Waals surface area contributed by atoms with Gasteiger partial charge in [0.05, 0.1) is 6.10 Å². The quantitative estimate of drug-likeness (QED) is 0.818. The Balaban J connectivity index is 2.39. The predicted molar refractivity (Wildman–Crippen MR) is 76.9 cm³/mol. The Labute approximate surface area is 117 Å². The molecule has 0 aromatic heterocycles. The van der Waals surface area contributed by atoms with Gasteiger partial charge in [-0.3, -0.25) is 4.79 Å². The second-order valence-corrected chi connectivity index (χ2v) is 5.30. The molecule has 0 radical (unpaired) electrons. The minimum absolute atomic E-state index is 0.0293. The highest BCUT2D eigenvalue weighted by atomic mass is 79.9. The van der Waals surface area contributed by atoms with Crippen LogP contribution in [-0.4, -0.2) is 25.2 Å². The summed E-state index contributed by atoms with van der Waals surface area (Å²) in [5, 5.41) is 2.90. The van der Waals surface area contributed by atoms with Crippen molar-refractivity contribution in [1.82, 2.24) is 5.32 Å². The largest absolute Gasteiger partial charge is 0.379 e. The van der Waals surface area contributed by atoms with Gasteiger partial charge < -0.3 is 10.1 Å². The van der Waals surface area contributed by atoms with E-state index in [9.17, 15) is 4.79 Å². The van der Waals surface area contributed by atoms with Crippen molar-refractivity contribution in [2.75, 3.05) is 13.2 Å². The van der Waals surface area contributed by atoms with Crippen molar-refractivity contribution in [2.24, 2.45) is 0 Å². The van der Waals surface area contributed by atoms with Crippen molar-refractivity contribution in [3.05, 3.63) is 33.8 Å². The molecule has 0 heterocycles. The first-order valence-corrected chi connectivity index (χ1v) is 6.96. The number of benzene rings is 1. The van der Waals surface area contributed by atoms with Gasteiger partial charge in [-0.2, -0.15) is 0 Å². The van der Waals surface area contributed by atoms with Crippen molar-refractivity contribution in [1.29, 1.82) is 0 Å². The Hall–Kier alpha value is -0.870. The monoisotopic (exact) mass is 313 g/mol. The Morgan fingerprint density at radius 3 is 2.83 bits per heavy atom. The summed E-state index contributed by atoms with van der Waals surface area (Å²) in [6.07, 6.45) is 1.07. The molecular formula is C14H20BrNO2. The van der Waals surface area contributed by atoms with Gasteiger partial charge in [-0.15, -0.1) is 0 Å². The topological polar surface area (TPSA) is 38.3 Å². The summed E-state index contributed by atoms with van der Waals surface area (Å²) < 4.78 is 6.37. The van der Waals surface area contributed by atoms with E-state index in [1.807, 2.05) is 39.0 Å². The molecule has 0 unspecified atom stereocenters. The second-order valence-electron chi connectivity index (χ2n) is 4.44. The van der Waals surface area contributed by atoms with E-state index < -0.39 is 0 Å². The Morgan fingerprint density at radius 1 is 1.44 bits per heavy atom. The van der Waals surface area contributed by atoms with Crippen LogP contribution in [0, 0.1) is 6.92 Å². The summed E-state index contributed by atoms with van der Waals surface area (Å²) in [4.78, 5) is 11.9. The van der Waals surface area contributed by atoms with E-state index >= 15 is 0 Å². The third-order valence-corrected chi connectivity index (χ3v) is 3.43. The average Bonchev–Trinajstić information content (AvgIpc) is 2.31. The van der Waals surface area contributed by atoms with Crippen molar-refractivity contribution in [3.63, 3.8) is 0 Å². The number of nitrogens with one attached hydrogen (secondary N) is 1. The summed E-state index contributed by atoms with van der Waals surface area (Å²) in [5.41, 5.74) is 1.68.